The zero-order valence-electron chi connectivity index (χ0n) is 15.4. The van der Waals surface area contributed by atoms with E-state index in [9.17, 15) is 4.79 Å². The maximum atomic E-state index is 13.1. The van der Waals surface area contributed by atoms with Crippen LogP contribution in [0.5, 0.6) is 0 Å². The molecule has 1 atom stereocenters. The molecule has 1 unspecified atom stereocenters. The van der Waals surface area contributed by atoms with E-state index in [0.29, 0.717) is 11.5 Å². The summed E-state index contributed by atoms with van der Waals surface area (Å²) in [5.74, 6) is 0.883. The number of anilines is 1. The largest absolute Gasteiger partial charge is 0.281 e. The molecule has 6 heteroatoms. The molecule has 1 saturated heterocycles. The first-order chi connectivity index (χ1) is 12.4. The van der Waals surface area contributed by atoms with E-state index in [2.05, 4.69) is 32.1 Å². The van der Waals surface area contributed by atoms with Gasteiger partial charge in [-0.2, -0.15) is 0 Å². The first-order valence-electron chi connectivity index (χ1n) is 8.72. The van der Waals surface area contributed by atoms with Crippen LogP contribution in [0.15, 0.2) is 42.6 Å². The average molecular weight is 347 g/mol. The summed E-state index contributed by atoms with van der Waals surface area (Å²) in [6.07, 6.45) is 12.0. The molecule has 0 radical (unpaired) electrons. The highest BCUT2D eigenvalue weighted by Crippen LogP contribution is 2.50. The molecule has 1 aliphatic carbocycles. The topological polar surface area (TPSA) is 71.9 Å². The second-order valence-corrected chi connectivity index (χ2v) is 7.41. The second-order valence-electron chi connectivity index (χ2n) is 7.41. The highest BCUT2D eigenvalue weighted by molar-refractivity contribution is 6.04. The molecule has 2 aromatic rings. The molecule has 1 fully saturated rings. The van der Waals surface area contributed by atoms with E-state index in [4.69, 9.17) is 0 Å². The number of aromatic nitrogens is 4. The van der Waals surface area contributed by atoms with Crippen LogP contribution in [0.1, 0.15) is 37.5 Å². The lowest BCUT2D eigenvalue weighted by molar-refractivity contribution is -0.125. The molecule has 0 N–H and O–H groups in total. The first-order valence-corrected chi connectivity index (χ1v) is 8.72. The zero-order chi connectivity index (χ0) is 18.5. The summed E-state index contributed by atoms with van der Waals surface area (Å²) in [4.78, 5) is 32.2. The third-order valence-corrected chi connectivity index (χ3v) is 5.22. The maximum Gasteiger partial charge on any atom is 0.237 e. The van der Waals surface area contributed by atoms with Gasteiger partial charge in [0.05, 0.1) is 41.1 Å². The molecule has 3 heterocycles. The summed E-state index contributed by atoms with van der Waals surface area (Å²) < 4.78 is 0. The van der Waals surface area contributed by atoms with Crippen LogP contribution in [0.4, 0.5) is 5.69 Å². The summed E-state index contributed by atoms with van der Waals surface area (Å²) >= 11 is 0. The van der Waals surface area contributed by atoms with Crippen LogP contribution in [0.3, 0.4) is 0 Å². The second kappa shape index (κ2) is 5.83. The average Bonchev–Trinajstić information content (AvgIpc) is 2.83. The lowest BCUT2D eigenvalue weighted by Gasteiger charge is -2.25. The van der Waals surface area contributed by atoms with Crippen molar-refractivity contribution >= 4 is 17.2 Å². The Balaban J connectivity index is 1.79. The van der Waals surface area contributed by atoms with Crippen LogP contribution in [0.25, 0.3) is 5.57 Å². The standard InChI is InChI=1S/C20H21N5O/c1-12-8-24-17(11-21-12)14-5-6-16-18(7-14)25(19(26)20(16,3)4)15-9-22-13(2)23-10-15/h5,7-11,16H,6H2,1-4H3. The van der Waals surface area contributed by atoms with E-state index in [0.717, 1.165) is 29.1 Å². The summed E-state index contributed by atoms with van der Waals surface area (Å²) in [5.41, 5.74) is 3.90. The zero-order valence-corrected chi connectivity index (χ0v) is 15.4. The summed E-state index contributed by atoms with van der Waals surface area (Å²) in [6, 6.07) is 0. The smallest absolute Gasteiger partial charge is 0.237 e. The molecule has 26 heavy (non-hydrogen) atoms. The van der Waals surface area contributed by atoms with Gasteiger partial charge in [-0.25, -0.2) is 9.97 Å². The molecule has 6 nitrogen and oxygen atoms in total. The maximum absolute atomic E-state index is 13.1. The highest BCUT2D eigenvalue weighted by Gasteiger charge is 2.51. The van der Waals surface area contributed by atoms with Crippen LogP contribution in [-0.4, -0.2) is 25.8 Å². The van der Waals surface area contributed by atoms with Gasteiger partial charge in [0, 0.05) is 17.8 Å². The van der Waals surface area contributed by atoms with E-state index in [-0.39, 0.29) is 11.8 Å². The Morgan fingerprint density at radius 2 is 1.77 bits per heavy atom. The number of carbonyl (C=O) groups is 1. The molecule has 1 amide bonds. The van der Waals surface area contributed by atoms with Gasteiger partial charge in [0.2, 0.25) is 5.91 Å². The monoisotopic (exact) mass is 347 g/mol. The molecule has 0 saturated carbocycles. The van der Waals surface area contributed by atoms with E-state index in [1.165, 1.54) is 0 Å². The minimum Gasteiger partial charge on any atom is -0.281 e. The van der Waals surface area contributed by atoms with Crippen LogP contribution in [-0.2, 0) is 4.79 Å². The third-order valence-electron chi connectivity index (χ3n) is 5.22. The number of fused-ring (bicyclic) bond motifs is 1. The summed E-state index contributed by atoms with van der Waals surface area (Å²) in [6.45, 7) is 7.76. The van der Waals surface area contributed by atoms with Crippen molar-refractivity contribution in [2.24, 2.45) is 11.3 Å². The molecule has 0 aromatic carbocycles. The number of amides is 1. The van der Waals surface area contributed by atoms with Gasteiger partial charge in [0.15, 0.2) is 0 Å². The molecule has 1 aliphatic heterocycles. The van der Waals surface area contributed by atoms with Crippen LogP contribution < -0.4 is 4.90 Å². The Hall–Kier alpha value is -2.89. The fraction of sp³-hybridized carbons (Fsp3) is 0.350. The van der Waals surface area contributed by atoms with Crippen molar-refractivity contribution in [2.75, 3.05) is 4.90 Å². The Bertz CT molecular complexity index is 926. The SMILES string of the molecule is Cc1cnc(C2=CCC3C(=C2)N(c2cnc(C)nc2)C(=O)C3(C)C)cn1. The number of hydrogen-bond donors (Lipinski definition) is 0. The van der Waals surface area contributed by atoms with Gasteiger partial charge in [-0.15, -0.1) is 0 Å². The van der Waals surface area contributed by atoms with Crippen LogP contribution >= 0.6 is 0 Å². The Morgan fingerprint density at radius 3 is 2.42 bits per heavy atom. The van der Waals surface area contributed by atoms with Crippen LogP contribution in [0.2, 0.25) is 0 Å². The van der Waals surface area contributed by atoms with E-state index in [1.807, 2.05) is 27.7 Å². The Labute approximate surface area is 152 Å². The van der Waals surface area contributed by atoms with Gasteiger partial charge in [-0.3, -0.25) is 19.7 Å². The van der Waals surface area contributed by atoms with Crippen molar-refractivity contribution in [3.8, 4) is 0 Å². The minimum atomic E-state index is -0.475. The normalized spacial score (nSPS) is 21.3. The predicted molar refractivity (Wildman–Crippen MR) is 99.0 cm³/mol. The lowest BCUT2D eigenvalue weighted by atomic mass is 9.76. The molecule has 4 rings (SSSR count). The number of carbonyl (C=O) groups excluding carboxylic acids is 1. The van der Waals surface area contributed by atoms with E-state index < -0.39 is 5.41 Å². The minimum absolute atomic E-state index is 0.0749. The van der Waals surface area contributed by atoms with Gasteiger partial charge in [0.25, 0.3) is 0 Å². The number of rotatable bonds is 2. The van der Waals surface area contributed by atoms with Crippen molar-refractivity contribution in [1.82, 2.24) is 19.9 Å². The Kier molecular flexibility index (Phi) is 3.72. The van der Waals surface area contributed by atoms with Gasteiger partial charge in [-0.1, -0.05) is 19.9 Å². The third kappa shape index (κ3) is 2.53. The predicted octanol–water partition coefficient (Wildman–Crippen LogP) is 3.24. The summed E-state index contributed by atoms with van der Waals surface area (Å²) in [5, 5.41) is 0. The van der Waals surface area contributed by atoms with E-state index >= 15 is 0 Å². The lowest BCUT2D eigenvalue weighted by Crippen LogP contribution is -2.31. The van der Waals surface area contributed by atoms with Crippen LogP contribution in [0, 0.1) is 25.2 Å². The first kappa shape index (κ1) is 16.6. The highest BCUT2D eigenvalue weighted by atomic mass is 16.2. The molecular formula is C20H21N5O. The molecule has 132 valence electrons. The molecular weight excluding hydrogens is 326 g/mol. The molecule has 0 spiro atoms. The Morgan fingerprint density at radius 1 is 1.04 bits per heavy atom. The van der Waals surface area contributed by atoms with Gasteiger partial charge < -0.3 is 0 Å². The number of allylic oxidation sites excluding steroid dienone is 4. The quantitative estimate of drug-likeness (QED) is 0.834. The van der Waals surface area contributed by atoms with Crippen molar-refractivity contribution in [3.05, 3.63) is 59.8 Å². The van der Waals surface area contributed by atoms with Crippen molar-refractivity contribution in [3.63, 3.8) is 0 Å². The fourth-order valence-corrected chi connectivity index (χ4v) is 3.61. The number of hydrogen-bond acceptors (Lipinski definition) is 5. The van der Waals surface area contributed by atoms with E-state index in [1.54, 1.807) is 29.7 Å². The van der Waals surface area contributed by atoms with Crippen molar-refractivity contribution < 1.29 is 4.79 Å². The van der Waals surface area contributed by atoms with Crippen molar-refractivity contribution in [1.29, 1.82) is 0 Å². The van der Waals surface area contributed by atoms with Crippen molar-refractivity contribution in [2.45, 2.75) is 34.1 Å². The van der Waals surface area contributed by atoms with Gasteiger partial charge in [-0.05, 0) is 31.9 Å². The fourth-order valence-electron chi connectivity index (χ4n) is 3.61. The van der Waals surface area contributed by atoms with Gasteiger partial charge >= 0.3 is 0 Å². The molecule has 2 aromatic heterocycles. The van der Waals surface area contributed by atoms with Gasteiger partial charge in [0.1, 0.15) is 5.82 Å². The summed E-state index contributed by atoms with van der Waals surface area (Å²) in [7, 11) is 0. The number of nitrogens with zero attached hydrogens (tertiary/aromatic N) is 5. The molecule has 2 aliphatic rings. The number of aryl methyl sites for hydroxylation is 2. The molecule has 0 bridgehead atoms.